The summed E-state index contributed by atoms with van der Waals surface area (Å²) in [7, 11) is 0. The molecule has 1 aromatic carbocycles. The van der Waals surface area contributed by atoms with Gasteiger partial charge in [0.15, 0.2) is 6.61 Å². The number of hydrogen-bond donors (Lipinski definition) is 2. The third-order valence-corrected chi connectivity index (χ3v) is 4.57. The van der Waals surface area contributed by atoms with E-state index >= 15 is 0 Å². The highest BCUT2D eigenvalue weighted by Gasteiger charge is 2.17. The maximum atomic E-state index is 12.1. The van der Waals surface area contributed by atoms with E-state index in [1.54, 1.807) is 24.3 Å². The number of esters is 1. The number of benzene rings is 1. The molecule has 8 heteroatoms. The second kappa shape index (κ2) is 9.68. The molecule has 2 aromatic rings. The second-order valence-electron chi connectivity index (χ2n) is 6.72. The number of allylic oxidation sites excluding steroid dienone is 1. The van der Waals surface area contributed by atoms with Crippen molar-refractivity contribution in [2.75, 3.05) is 13.2 Å². The van der Waals surface area contributed by atoms with Gasteiger partial charge in [-0.2, -0.15) is 0 Å². The summed E-state index contributed by atoms with van der Waals surface area (Å²) in [6, 6.07) is 7.39. The highest BCUT2D eigenvalue weighted by atomic mass is 16.5. The standard InChI is InChI=1S/C21H22N2O6/c24-18(23-21(27)22-11-10-14-6-2-1-3-7-14)13-28-19(25)16-12-15-8-4-5-9-17(15)29-20(16)26/h4-6,8-9,12H,1-3,7,10-11,13H2,(H2,22,23,24,27). The van der Waals surface area contributed by atoms with Crippen molar-refractivity contribution in [2.24, 2.45) is 0 Å². The molecule has 0 saturated carbocycles. The van der Waals surface area contributed by atoms with Crippen molar-refractivity contribution in [1.82, 2.24) is 10.6 Å². The van der Waals surface area contributed by atoms with Gasteiger partial charge in [-0.3, -0.25) is 10.1 Å². The maximum Gasteiger partial charge on any atom is 0.351 e. The lowest BCUT2D eigenvalue weighted by Crippen LogP contribution is -2.42. The number of fused-ring (bicyclic) bond motifs is 1. The Morgan fingerprint density at radius 3 is 2.76 bits per heavy atom. The van der Waals surface area contributed by atoms with Gasteiger partial charge in [0.05, 0.1) is 0 Å². The topological polar surface area (TPSA) is 115 Å². The highest BCUT2D eigenvalue weighted by molar-refractivity contribution is 5.97. The van der Waals surface area contributed by atoms with Crippen LogP contribution in [-0.4, -0.2) is 31.1 Å². The Hall–Kier alpha value is -3.42. The zero-order valence-electron chi connectivity index (χ0n) is 15.9. The minimum absolute atomic E-state index is 0.318. The number of urea groups is 1. The first-order valence-corrected chi connectivity index (χ1v) is 9.48. The molecule has 1 heterocycles. The van der Waals surface area contributed by atoms with Gasteiger partial charge in [0.2, 0.25) is 0 Å². The van der Waals surface area contributed by atoms with Crippen LogP contribution in [0.1, 0.15) is 42.5 Å². The monoisotopic (exact) mass is 398 g/mol. The molecular formula is C21H22N2O6. The maximum absolute atomic E-state index is 12.1. The van der Waals surface area contributed by atoms with Gasteiger partial charge in [0.25, 0.3) is 5.91 Å². The summed E-state index contributed by atoms with van der Waals surface area (Å²) in [5.74, 6) is -1.79. The molecule has 0 unspecified atom stereocenters. The first kappa shape index (κ1) is 20.3. The Bertz CT molecular complexity index is 1010. The summed E-state index contributed by atoms with van der Waals surface area (Å²) in [5.41, 5.74) is 0.476. The molecule has 1 aromatic heterocycles. The number of rotatable bonds is 6. The molecule has 0 radical (unpaired) electrons. The molecule has 0 bridgehead atoms. The van der Waals surface area contributed by atoms with Gasteiger partial charge in [0.1, 0.15) is 11.1 Å². The van der Waals surface area contributed by atoms with E-state index in [9.17, 15) is 19.2 Å². The molecule has 3 amide bonds. The molecule has 29 heavy (non-hydrogen) atoms. The van der Waals surface area contributed by atoms with E-state index in [1.807, 2.05) is 0 Å². The average molecular weight is 398 g/mol. The zero-order valence-corrected chi connectivity index (χ0v) is 15.9. The smallest absolute Gasteiger partial charge is 0.351 e. The van der Waals surface area contributed by atoms with E-state index in [4.69, 9.17) is 9.15 Å². The summed E-state index contributed by atoms with van der Waals surface area (Å²) in [6.07, 6.45) is 7.41. The van der Waals surface area contributed by atoms with Crippen LogP contribution in [0.25, 0.3) is 11.0 Å². The molecular weight excluding hydrogens is 376 g/mol. The molecule has 152 valence electrons. The normalized spacial score (nSPS) is 13.4. The van der Waals surface area contributed by atoms with Crippen LogP contribution in [0.5, 0.6) is 0 Å². The number of carbonyl (C=O) groups is 3. The van der Waals surface area contributed by atoms with Gasteiger partial charge in [-0.25, -0.2) is 14.4 Å². The van der Waals surface area contributed by atoms with Crippen molar-refractivity contribution in [3.8, 4) is 0 Å². The molecule has 0 fully saturated rings. The zero-order chi connectivity index (χ0) is 20.6. The van der Waals surface area contributed by atoms with Crippen molar-refractivity contribution in [1.29, 1.82) is 0 Å². The molecule has 0 aliphatic heterocycles. The summed E-state index contributed by atoms with van der Waals surface area (Å²) in [5, 5.41) is 5.23. The summed E-state index contributed by atoms with van der Waals surface area (Å²) in [4.78, 5) is 47.5. The van der Waals surface area contributed by atoms with E-state index in [1.165, 1.54) is 18.1 Å². The van der Waals surface area contributed by atoms with Crippen LogP contribution < -0.4 is 16.3 Å². The lowest BCUT2D eigenvalue weighted by molar-refractivity contribution is -0.123. The van der Waals surface area contributed by atoms with Gasteiger partial charge >= 0.3 is 17.6 Å². The van der Waals surface area contributed by atoms with E-state index in [0.717, 1.165) is 25.7 Å². The van der Waals surface area contributed by atoms with Gasteiger partial charge in [0, 0.05) is 11.9 Å². The van der Waals surface area contributed by atoms with E-state index in [-0.39, 0.29) is 5.56 Å². The summed E-state index contributed by atoms with van der Waals surface area (Å²) >= 11 is 0. The molecule has 1 aliphatic rings. The van der Waals surface area contributed by atoms with E-state index in [2.05, 4.69) is 16.7 Å². The summed E-state index contributed by atoms with van der Waals surface area (Å²) < 4.78 is 9.87. The number of nitrogens with one attached hydrogen (secondary N) is 2. The Balaban J connectivity index is 1.44. The second-order valence-corrected chi connectivity index (χ2v) is 6.72. The Kier molecular flexibility index (Phi) is 6.78. The first-order chi connectivity index (χ1) is 14.0. The van der Waals surface area contributed by atoms with Gasteiger partial charge in [-0.15, -0.1) is 0 Å². The molecule has 8 nitrogen and oxygen atoms in total. The number of para-hydroxylation sites is 1. The fourth-order valence-electron chi connectivity index (χ4n) is 3.09. The van der Waals surface area contributed by atoms with Crippen LogP contribution in [0.3, 0.4) is 0 Å². The minimum Gasteiger partial charge on any atom is -0.452 e. The Morgan fingerprint density at radius 2 is 1.97 bits per heavy atom. The SMILES string of the molecule is O=C(COC(=O)c1cc2ccccc2oc1=O)NC(=O)NCCC1=CCCCC1. The molecule has 0 atom stereocenters. The third-order valence-electron chi connectivity index (χ3n) is 4.57. The van der Waals surface area contributed by atoms with Crippen LogP contribution in [0.2, 0.25) is 0 Å². The molecule has 1 aliphatic carbocycles. The van der Waals surface area contributed by atoms with Crippen LogP contribution in [0.4, 0.5) is 4.79 Å². The Labute approximate surface area is 166 Å². The number of hydrogen-bond acceptors (Lipinski definition) is 6. The van der Waals surface area contributed by atoms with E-state index in [0.29, 0.717) is 17.5 Å². The van der Waals surface area contributed by atoms with Crippen molar-refractivity contribution >= 4 is 28.9 Å². The van der Waals surface area contributed by atoms with Crippen molar-refractivity contribution in [3.05, 3.63) is 58.0 Å². The van der Waals surface area contributed by atoms with Gasteiger partial charge < -0.3 is 14.5 Å². The third kappa shape index (κ3) is 5.78. The van der Waals surface area contributed by atoms with Crippen molar-refractivity contribution < 1.29 is 23.5 Å². The number of carbonyl (C=O) groups excluding carboxylic acids is 3. The fourth-order valence-corrected chi connectivity index (χ4v) is 3.09. The van der Waals surface area contributed by atoms with Crippen molar-refractivity contribution in [2.45, 2.75) is 32.1 Å². The molecule has 0 saturated heterocycles. The van der Waals surface area contributed by atoms with Gasteiger partial charge in [-0.1, -0.05) is 29.8 Å². The average Bonchev–Trinajstić information content (AvgIpc) is 2.72. The number of imide groups is 1. The lowest BCUT2D eigenvalue weighted by Gasteiger charge is -2.13. The quantitative estimate of drug-likeness (QED) is 0.439. The van der Waals surface area contributed by atoms with Crippen molar-refractivity contribution in [3.63, 3.8) is 0 Å². The highest BCUT2D eigenvalue weighted by Crippen LogP contribution is 2.19. The largest absolute Gasteiger partial charge is 0.452 e. The minimum atomic E-state index is -0.996. The Morgan fingerprint density at radius 1 is 1.14 bits per heavy atom. The van der Waals surface area contributed by atoms with Crippen LogP contribution in [0, 0.1) is 0 Å². The van der Waals surface area contributed by atoms with Crippen LogP contribution in [-0.2, 0) is 9.53 Å². The predicted octanol–water partition coefficient (Wildman–Crippen LogP) is 2.67. The molecule has 0 spiro atoms. The van der Waals surface area contributed by atoms with E-state index < -0.39 is 30.1 Å². The van der Waals surface area contributed by atoms with Gasteiger partial charge in [-0.05, 0) is 44.2 Å². The molecule has 3 rings (SSSR count). The van der Waals surface area contributed by atoms with Crippen LogP contribution in [0.15, 0.2) is 51.2 Å². The van der Waals surface area contributed by atoms with Crippen LogP contribution >= 0.6 is 0 Å². The molecule has 2 N–H and O–H groups in total. The fraction of sp³-hybridized carbons (Fsp3) is 0.333. The summed E-state index contributed by atoms with van der Waals surface area (Å²) in [6.45, 7) is -0.271. The first-order valence-electron chi connectivity index (χ1n) is 9.48. The number of ether oxygens (including phenoxy) is 1. The lowest BCUT2D eigenvalue weighted by atomic mass is 9.97. The predicted molar refractivity (Wildman–Crippen MR) is 105 cm³/mol. The number of amides is 3.